The van der Waals surface area contributed by atoms with E-state index in [1.54, 1.807) is 12.1 Å². The van der Waals surface area contributed by atoms with Crippen LogP contribution < -0.4 is 10.6 Å². The highest BCUT2D eigenvalue weighted by atomic mass is 16.3. The molecule has 0 heterocycles. The molecular weight excluding hydrogens is 336 g/mol. The minimum atomic E-state index is -0.483. The lowest BCUT2D eigenvalue weighted by molar-refractivity contribution is -0.655. The number of hydrogen-bond acceptors (Lipinski definition) is 6. The second-order valence-corrected chi connectivity index (χ2v) is 6.12. The summed E-state index contributed by atoms with van der Waals surface area (Å²) in [5.74, 6) is -1.62. The normalized spacial score (nSPS) is 12.7. The van der Waals surface area contributed by atoms with Gasteiger partial charge in [0, 0.05) is 30.2 Å². The van der Waals surface area contributed by atoms with E-state index in [9.17, 15) is 19.8 Å². The van der Waals surface area contributed by atoms with Crippen molar-refractivity contribution in [2.24, 2.45) is 0 Å². The fourth-order valence-corrected chi connectivity index (χ4v) is 3.10. The molecule has 0 fully saturated rings. The Labute approximate surface area is 150 Å². The standard InChI is InChI=1S/C19H20N2O5/c22-9-8-20-6-3-7-21-13-10-14(23)15-16(19(13)26)18(25)12-5-2-1-4-11(12)17(15)24/h1-2,4-5,10,20-23,26H,3,6-9H2/p+1. The van der Waals surface area contributed by atoms with E-state index in [0.717, 1.165) is 13.0 Å². The second kappa shape index (κ2) is 7.55. The fourth-order valence-electron chi connectivity index (χ4n) is 3.10. The summed E-state index contributed by atoms with van der Waals surface area (Å²) in [7, 11) is 0. The summed E-state index contributed by atoms with van der Waals surface area (Å²) in [4.78, 5) is 25.4. The van der Waals surface area contributed by atoms with Gasteiger partial charge in [0.2, 0.25) is 0 Å². The van der Waals surface area contributed by atoms with Gasteiger partial charge in [-0.3, -0.25) is 9.59 Å². The largest absolute Gasteiger partial charge is 0.507 e. The van der Waals surface area contributed by atoms with Gasteiger partial charge in [-0.1, -0.05) is 24.3 Å². The molecule has 0 saturated carbocycles. The molecule has 7 heteroatoms. The van der Waals surface area contributed by atoms with Gasteiger partial charge in [-0.05, 0) is 0 Å². The number of phenolic OH excluding ortho intramolecular Hbond substituents is 2. The number of aromatic hydroxyl groups is 2. The van der Waals surface area contributed by atoms with E-state index in [1.165, 1.54) is 18.2 Å². The summed E-state index contributed by atoms with van der Waals surface area (Å²) >= 11 is 0. The van der Waals surface area contributed by atoms with Gasteiger partial charge in [0.25, 0.3) is 0 Å². The number of nitrogens with one attached hydrogen (secondary N) is 1. The first-order valence-electron chi connectivity index (χ1n) is 8.50. The van der Waals surface area contributed by atoms with Crippen molar-refractivity contribution in [3.63, 3.8) is 0 Å². The van der Waals surface area contributed by atoms with E-state index in [4.69, 9.17) is 5.11 Å². The van der Waals surface area contributed by atoms with Crippen molar-refractivity contribution in [1.29, 1.82) is 0 Å². The summed E-state index contributed by atoms with van der Waals surface area (Å²) in [5.41, 5.74) is 0.329. The molecule has 7 nitrogen and oxygen atoms in total. The molecule has 0 amide bonds. The van der Waals surface area contributed by atoms with Crippen molar-refractivity contribution in [1.82, 2.24) is 0 Å². The summed E-state index contributed by atoms with van der Waals surface area (Å²) in [6, 6.07) is 7.63. The Hall–Kier alpha value is -2.90. The summed E-state index contributed by atoms with van der Waals surface area (Å²) in [6.45, 7) is 2.04. The molecule has 0 atom stereocenters. The number of phenols is 2. The zero-order chi connectivity index (χ0) is 18.7. The molecule has 3 rings (SSSR count). The number of fused-ring (bicyclic) bond motifs is 2. The van der Waals surface area contributed by atoms with E-state index < -0.39 is 11.6 Å². The quantitative estimate of drug-likeness (QED) is 0.234. The predicted molar refractivity (Wildman–Crippen MR) is 94.9 cm³/mol. The van der Waals surface area contributed by atoms with Gasteiger partial charge in [-0.15, -0.1) is 0 Å². The molecular formula is C19H21N2O5+. The van der Waals surface area contributed by atoms with Crippen LogP contribution in [0.1, 0.15) is 38.3 Å². The number of benzene rings is 2. The van der Waals surface area contributed by atoms with E-state index in [-0.39, 0.29) is 46.0 Å². The molecule has 1 aliphatic rings. The predicted octanol–water partition coefficient (Wildman–Crippen LogP) is 0.231. The zero-order valence-corrected chi connectivity index (χ0v) is 14.2. The highest BCUT2D eigenvalue weighted by molar-refractivity contribution is 6.30. The third kappa shape index (κ3) is 3.14. The Morgan fingerprint density at radius 3 is 2.27 bits per heavy atom. The van der Waals surface area contributed by atoms with Crippen LogP contribution in [-0.2, 0) is 0 Å². The Balaban J connectivity index is 1.87. The first kappa shape index (κ1) is 17.9. The van der Waals surface area contributed by atoms with Crippen molar-refractivity contribution < 1.29 is 30.2 Å². The molecule has 0 aliphatic heterocycles. The van der Waals surface area contributed by atoms with Crippen LogP contribution in [0.3, 0.4) is 0 Å². The van der Waals surface area contributed by atoms with Crippen molar-refractivity contribution in [2.75, 3.05) is 31.6 Å². The molecule has 0 aromatic heterocycles. The minimum absolute atomic E-state index is 0.116. The Morgan fingerprint density at radius 2 is 1.62 bits per heavy atom. The smallest absolute Gasteiger partial charge is 0.198 e. The van der Waals surface area contributed by atoms with Crippen LogP contribution in [0.2, 0.25) is 0 Å². The highest BCUT2D eigenvalue weighted by Gasteiger charge is 2.35. The zero-order valence-electron chi connectivity index (χ0n) is 14.2. The molecule has 0 unspecified atom stereocenters. The molecule has 1 aliphatic carbocycles. The van der Waals surface area contributed by atoms with Crippen LogP contribution in [0.25, 0.3) is 0 Å². The Kier molecular flexibility index (Phi) is 5.20. The highest BCUT2D eigenvalue weighted by Crippen LogP contribution is 2.42. The topological polar surface area (TPSA) is 123 Å². The third-order valence-corrected chi connectivity index (χ3v) is 4.38. The van der Waals surface area contributed by atoms with Crippen molar-refractivity contribution >= 4 is 17.3 Å². The first-order chi connectivity index (χ1) is 12.6. The van der Waals surface area contributed by atoms with Crippen LogP contribution in [0.4, 0.5) is 5.69 Å². The van der Waals surface area contributed by atoms with Gasteiger partial charge in [0.05, 0.1) is 36.5 Å². The average Bonchev–Trinajstić information content (AvgIpc) is 2.65. The Bertz CT molecular complexity index is 863. The number of rotatable bonds is 7. The van der Waals surface area contributed by atoms with Gasteiger partial charge in [0.1, 0.15) is 5.75 Å². The minimum Gasteiger partial charge on any atom is -0.507 e. The van der Waals surface area contributed by atoms with E-state index in [2.05, 4.69) is 5.32 Å². The van der Waals surface area contributed by atoms with Gasteiger partial charge >= 0.3 is 0 Å². The molecule has 0 spiro atoms. The maximum Gasteiger partial charge on any atom is 0.198 e. The van der Waals surface area contributed by atoms with Crippen LogP contribution in [-0.4, -0.2) is 53.1 Å². The maximum absolute atomic E-state index is 12.7. The second-order valence-electron chi connectivity index (χ2n) is 6.12. The van der Waals surface area contributed by atoms with Crippen LogP contribution >= 0.6 is 0 Å². The van der Waals surface area contributed by atoms with Gasteiger partial charge < -0.3 is 26.0 Å². The van der Waals surface area contributed by atoms with Gasteiger partial charge in [-0.2, -0.15) is 0 Å². The number of ketones is 2. The van der Waals surface area contributed by atoms with Crippen molar-refractivity contribution in [3.05, 3.63) is 52.6 Å². The number of aliphatic hydroxyl groups excluding tert-OH is 1. The van der Waals surface area contributed by atoms with E-state index >= 15 is 0 Å². The Morgan fingerprint density at radius 1 is 0.962 bits per heavy atom. The lowest BCUT2D eigenvalue weighted by atomic mass is 9.82. The number of carbonyl (C=O) groups is 2. The molecule has 136 valence electrons. The van der Waals surface area contributed by atoms with E-state index in [1.807, 2.05) is 5.32 Å². The SMILES string of the molecule is O=C1c2ccccc2C(=O)c2c(O)c(NCCC[NH2+]CCO)cc(O)c21. The number of quaternary nitrogens is 1. The summed E-state index contributed by atoms with van der Waals surface area (Å²) in [5, 5.41) is 34.5. The first-order valence-corrected chi connectivity index (χ1v) is 8.50. The van der Waals surface area contributed by atoms with Crippen molar-refractivity contribution in [3.8, 4) is 11.5 Å². The molecule has 6 N–H and O–H groups in total. The van der Waals surface area contributed by atoms with Crippen LogP contribution in [0.5, 0.6) is 11.5 Å². The lowest BCUT2D eigenvalue weighted by Crippen LogP contribution is -2.85. The maximum atomic E-state index is 12.7. The monoisotopic (exact) mass is 357 g/mol. The average molecular weight is 357 g/mol. The van der Waals surface area contributed by atoms with Crippen molar-refractivity contribution in [2.45, 2.75) is 6.42 Å². The van der Waals surface area contributed by atoms with E-state index in [0.29, 0.717) is 13.1 Å². The van der Waals surface area contributed by atoms with Gasteiger partial charge in [0.15, 0.2) is 17.3 Å². The number of nitrogens with two attached hydrogens (primary N) is 1. The van der Waals surface area contributed by atoms with Gasteiger partial charge in [-0.25, -0.2) is 0 Å². The van der Waals surface area contributed by atoms with Crippen LogP contribution in [0, 0.1) is 0 Å². The molecule has 0 bridgehead atoms. The van der Waals surface area contributed by atoms with Crippen LogP contribution in [0.15, 0.2) is 30.3 Å². The molecule has 2 aromatic rings. The number of anilines is 1. The number of hydrogen-bond donors (Lipinski definition) is 5. The number of carbonyl (C=O) groups excluding carboxylic acids is 2. The number of aliphatic hydroxyl groups is 1. The summed E-state index contributed by atoms with van der Waals surface area (Å²) in [6.07, 6.45) is 0.757. The molecule has 0 radical (unpaired) electrons. The third-order valence-electron chi connectivity index (χ3n) is 4.38. The molecule has 26 heavy (non-hydrogen) atoms. The molecule has 2 aromatic carbocycles. The summed E-state index contributed by atoms with van der Waals surface area (Å²) < 4.78 is 0. The fraction of sp³-hybridized carbons (Fsp3) is 0.263. The molecule has 0 saturated heterocycles. The lowest BCUT2D eigenvalue weighted by Gasteiger charge is -2.21.